The van der Waals surface area contributed by atoms with Crippen molar-refractivity contribution in [1.82, 2.24) is 15.2 Å². The van der Waals surface area contributed by atoms with Crippen molar-refractivity contribution in [2.45, 2.75) is 45.6 Å². The first-order valence-corrected chi connectivity index (χ1v) is 12.2. The Morgan fingerprint density at radius 1 is 1.34 bits per heavy atom. The van der Waals surface area contributed by atoms with E-state index in [4.69, 9.17) is 15.3 Å². The summed E-state index contributed by atoms with van der Waals surface area (Å²) in [6.45, 7) is 6.89. The van der Waals surface area contributed by atoms with Gasteiger partial charge in [-0.3, -0.25) is 5.01 Å². The molecule has 198 valence electrons. The Hall–Kier alpha value is -2.43. The summed E-state index contributed by atoms with van der Waals surface area (Å²) in [5.41, 5.74) is 0.722. The lowest BCUT2D eigenvalue weighted by molar-refractivity contribution is -0.0108. The molecule has 0 spiro atoms. The van der Waals surface area contributed by atoms with E-state index in [0.717, 1.165) is 25.7 Å². The first-order chi connectivity index (χ1) is 16.7. The quantitative estimate of drug-likeness (QED) is 0.198. The molecule has 35 heavy (non-hydrogen) atoms. The number of methoxy groups -OCH3 is 2. The fourth-order valence-electron chi connectivity index (χ4n) is 4.50. The third-order valence-corrected chi connectivity index (χ3v) is 6.22. The van der Waals surface area contributed by atoms with E-state index in [1.54, 1.807) is 18.1 Å². The van der Waals surface area contributed by atoms with Gasteiger partial charge in [-0.2, -0.15) is 0 Å². The van der Waals surface area contributed by atoms with Crippen LogP contribution in [0.4, 0.5) is 14.0 Å². The number of hydrazine groups is 1. The summed E-state index contributed by atoms with van der Waals surface area (Å²) in [5, 5.41) is 3.86. The summed E-state index contributed by atoms with van der Waals surface area (Å²) in [6.07, 6.45) is 2.31. The van der Waals surface area contributed by atoms with Crippen molar-refractivity contribution in [2.75, 3.05) is 53.6 Å². The number of rotatable bonds is 12. The van der Waals surface area contributed by atoms with Crippen LogP contribution < -0.4 is 11.2 Å². The van der Waals surface area contributed by atoms with E-state index in [0.29, 0.717) is 31.8 Å². The molecule has 2 unspecified atom stereocenters. The van der Waals surface area contributed by atoms with E-state index in [-0.39, 0.29) is 36.3 Å². The van der Waals surface area contributed by atoms with Crippen molar-refractivity contribution in [3.8, 4) is 0 Å². The van der Waals surface area contributed by atoms with Gasteiger partial charge in [-0.15, -0.1) is 0 Å². The number of piperidine rings is 1. The Kier molecular flexibility index (Phi) is 11.7. The lowest BCUT2D eigenvalue weighted by Crippen LogP contribution is -2.51. The number of amides is 3. The first-order valence-electron chi connectivity index (χ1n) is 12.2. The number of benzene rings is 1. The Bertz CT molecular complexity index is 810. The van der Waals surface area contributed by atoms with Crippen molar-refractivity contribution in [2.24, 2.45) is 17.2 Å². The molecule has 1 aliphatic heterocycles. The van der Waals surface area contributed by atoms with Crippen molar-refractivity contribution in [3.63, 3.8) is 0 Å². The molecule has 0 aromatic heterocycles. The monoisotopic (exact) mass is 496 g/mol. The molecule has 1 aromatic rings. The molecular formula is C25H41FN4O5. The summed E-state index contributed by atoms with van der Waals surface area (Å²) in [4.78, 5) is 26.1. The average Bonchev–Trinajstić information content (AvgIpc) is 2.83. The number of nitrogens with zero attached hydrogens (tertiary/aromatic N) is 2. The molecule has 0 radical (unpaired) electrons. The van der Waals surface area contributed by atoms with Gasteiger partial charge in [0.1, 0.15) is 5.82 Å². The molecule has 3 N–H and O–H groups in total. The molecule has 9 nitrogen and oxygen atoms in total. The van der Waals surface area contributed by atoms with Crippen LogP contribution in [-0.2, 0) is 14.2 Å². The highest BCUT2D eigenvalue weighted by molar-refractivity contribution is 5.73. The number of nitrogens with two attached hydrogens (primary N) is 1. The molecule has 10 heteroatoms. The molecule has 3 amide bonds. The second-order valence-corrected chi connectivity index (χ2v) is 9.79. The van der Waals surface area contributed by atoms with Crippen molar-refractivity contribution in [3.05, 3.63) is 35.6 Å². The summed E-state index contributed by atoms with van der Waals surface area (Å²) in [7, 11) is 2.98. The molecule has 1 aromatic carbocycles. The van der Waals surface area contributed by atoms with Crippen LogP contribution in [0.2, 0.25) is 0 Å². The number of nitrogens with one attached hydrogen (secondary N) is 1. The van der Waals surface area contributed by atoms with E-state index in [2.05, 4.69) is 23.9 Å². The summed E-state index contributed by atoms with van der Waals surface area (Å²) < 4.78 is 29.9. The average molecular weight is 497 g/mol. The molecule has 1 heterocycles. The van der Waals surface area contributed by atoms with Crippen LogP contribution >= 0.6 is 0 Å². The number of halogens is 1. The zero-order valence-electron chi connectivity index (χ0n) is 21.4. The van der Waals surface area contributed by atoms with Crippen molar-refractivity contribution < 1.29 is 28.2 Å². The van der Waals surface area contributed by atoms with Crippen LogP contribution in [0.15, 0.2) is 24.3 Å². The second kappa shape index (κ2) is 14.2. The highest BCUT2D eigenvalue weighted by Crippen LogP contribution is 2.33. The molecular weight excluding hydrogens is 455 g/mol. The molecule has 1 aliphatic rings. The number of ether oxygens (including phenoxy) is 3. The highest BCUT2D eigenvalue weighted by Gasteiger charge is 2.32. The van der Waals surface area contributed by atoms with Gasteiger partial charge < -0.3 is 24.4 Å². The predicted molar refractivity (Wildman–Crippen MR) is 131 cm³/mol. The maximum Gasteiger partial charge on any atom is 0.406 e. The largest absolute Gasteiger partial charge is 0.453 e. The highest BCUT2D eigenvalue weighted by atomic mass is 19.1. The number of carbonyl (C=O) groups excluding carboxylic acids is 2. The minimum atomic E-state index is -0.543. The number of likely N-dealkylation sites (tertiary alicyclic amines) is 1. The summed E-state index contributed by atoms with van der Waals surface area (Å²) >= 11 is 0. The fourth-order valence-corrected chi connectivity index (χ4v) is 4.50. The van der Waals surface area contributed by atoms with Gasteiger partial charge in [-0.05, 0) is 48.8 Å². The number of hydrogen-bond acceptors (Lipinski definition) is 6. The molecule has 1 saturated heterocycles. The van der Waals surface area contributed by atoms with Crippen LogP contribution in [0.1, 0.15) is 51.2 Å². The molecule has 0 aliphatic carbocycles. The van der Waals surface area contributed by atoms with Gasteiger partial charge in [0.25, 0.3) is 0 Å². The van der Waals surface area contributed by atoms with Gasteiger partial charge in [0.2, 0.25) is 0 Å². The van der Waals surface area contributed by atoms with Gasteiger partial charge in [-0.1, -0.05) is 26.0 Å². The van der Waals surface area contributed by atoms with Crippen LogP contribution in [0.3, 0.4) is 0 Å². The number of hydrogen-bond donors (Lipinski definition) is 2. The van der Waals surface area contributed by atoms with Gasteiger partial charge in [0.05, 0.1) is 26.4 Å². The Balaban J connectivity index is 1.99. The second-order valence-electron chi connectivity index (χ2n) is 9.79. The summed E-state index contributed by atoms with van der Waals surface area (Å²) in [5.74, 6) is 5.73. The number of urea groups is 1. The number of alkyl carbamates (subject to hydrolysis) is 1. The first kappa shape index (κ1) is 28.8. The Morgan fingerprint density at radius 2 is 2.11 bits per heavy atom. The Labute approximate surface area is 208 Å². The standard InChI is InChI=1S/C25H41FN4O5/c1-25(2,18-33-3)11-7-14-30(27)24(32)29-13-6-9-20(17-29)22(19-8-5-10-21(26)16-19)35-15-12-28-23(31)34-4/h5,8,10,16,20,22H,6-7,9,11-15,17-18,27H2,1-4H3,(H,28,31). The zero-order chi connectivity index (χ0) is 25.8. The van der Waals surface area contributed by atoms with Gasteiger partial charge in [0.15, 0.2) is 0 Å². The molecule has 2 rings (SSSR count). The normalized spacial score (nSPS) is 17.1. The van der Waals surface area contributed by atoms with Crippen molar-refractivity contribution in [1.29, 1.82) is 0 Å². The maximum absolute atomic E-state index is 14.0. The van der Waals surface area contributed by atoms with Gasteiger partial charge >= 0.3 is 12.1 Å². The van der Waals surface area contributed by atoms with E-state index in [1.165, 1.54) is 24.3 Å². The SMILES string of the molecule is COCC(C)(C)CCCN(N)C(=O)N1CCCC(C(OCCNC(=O)OC)c2cccc(F)c2)C1. The van der Waals surface area contributed by atoms with Crippen LogP contribution in [0, 0.1) is 17.2 Å². The van der Waals surface area contributed by atoms with Crippen LogP contribution in [0.5, 0.6) is 0 Å². The Morgan fingerprint density at radius 3 is 2.80 bits per heavy atom. The lowest BCUT2D eigenvalue weighted by Gasteiger charge is -2.38. The predicted octanol–water partition coefficient (Wildman–Crippen LogP) is 3.70. The minimum absolute atomic E-state index is 0.0209. The van der Waals surface area contributed by atoms with Crippen LogP contribution in [-0.4, -0.2) is 75.6 Å². The maximum atomic E-state index is 14.0. The van der Waals surface area contributed by atoms with Gasteiger partial charge in [0, 0.05) is 39.2 Å². The lowest BCUT2D eigenvalue weighted by atomic mass is 9.88. The van der Waals surface area contributed by atoms with Crippen LogP contribution in [0.25, 0.3) is 0 Å². The third kappa shape index (κ3) is 9.62. The van der Waals surface area contributed by atoms with E-state index >= 15 is 0 Å². The van der Waals surface area contributed by atoms with Crippen molar-refractivity contribution >= 4 is 12.1 Å². The van der Waals surface area contributed by atoms with E-state index in [1.807, 2.05) is 6.07 Å². The number of carbonyl (C=O) groups is 2. The topological polar surface area (TPSA) is 106 Å². The smallest absolute Gasteiger partial charge is 0.406 e. The summed E-state index contributed by atoms with van der Waals surface area (Å²) in [6, 6.07) is 6.09. The van der Waals surface area contributed by atoms with E-state index < -0.39 is 12.2 Å². The third-order valence-electron chi connectivity index (χ3n) is 6.22. The van der Waals surface area contributed by atoms with Gasteiger partial charge in [-0.25, -0.2) is 19.8 Å². The molecule has 0 saturated carbocycles. The fraction of sp³-hybridized carbons (Fsp3) is 0.680. The van der Waals surface area contributed by atoms with E-state index in [9.17, 15) is 14.0 Å². The minimum Gasteiger partial charge on any atom is -0.453 e. The molecule has 2 atom stereocenters. The molecule has 1 fully saturated rings. The molecule has 0 bridgehead atoms. The zero-order valence-corrected chi connectivity index (χ0v) is 21.4.